The lowest BCUT2D eigenvalue weighted by molar-refractivity contribution is 0.479. The van der Waals surface area contributed by atoms with Gasteiger partial charge in [-0.25, -0.2) is 4.98 Å². The summed E-state index contributed by atoms with van der Waals surface area (Å²) < 4.78 is 2.76. The highest BCUT2D eigenvalue weighted by atomic mass is 35.5. The summed E-state index contributed by atoms with van der Waals surface area (Å²) in [4.78, 5) is 5.10. The maximum Gasteiger partial charge on any atom is 0.129 e. The third-order valence-electron chi connectivity index (χ3n) is 3.62. The maximum atomic E-state index is 6.08. The summed E-state index contributed by atoms with van der Waals surface area (Å²) in [5.41, 5.74) is 2.98. The van der Waals surface area contributed by atoms with Crippen LogP contribution in [-0.2, 0) is 0 Å². The Balaban J connectivity index is 2.16. The van der Waals surface area contributed by atoms with Crippen molar-refractivity contribution in [3.05, 3.63) is 46.1 Å². The van der Waals surface area contributed by atoms with Crippen molar-refractivity contribution < 1.29 is 0 Å². The molecule has 6 heteroatoms. The van der Waals surface area contributed by atoms with E-state index < -0.39 is 0 Å². The predicted molar refractivity (Wildman–Crippen MR) is 93.8 cm³/mol. The zero-order valence-electron chi connectivity index (χ0n) is 12.3. The Hall–Kier alpha value is -1.36. The standard InChI is InChI=1S/C16H15Cl2N3S/c1-3-10(2)21-9-12(11-6-7-19-14(17)8-11)16(20-21)13-4-5-15(18)22-13/h4-10H,3H2,1-2H3. The molecule has 0 spiro atoms. The first-order chi connectivity index (χ1) is 10.6. The van der Waals surface area contributed by atoms with Crippen molar-refractivity contribution in [1.82, 2.24) is 14.8 Å². The summed E-state index contributed by atoms with van der Waals surface area (Å²) in [6, 6.07) is 8.04. The molecule has 0 amide bonds. The molecule has 0 saturated heterocycles. The number of hydrogen-bond acceptors (Lipinski definition) is 3. The van der Waals surface area contributed by atoms with Crippen molar-refractivity contribution in [3.8, 4) is 21.7 Å². The number of rotatable bonds is 4. The Morgan fingerprint density at radius 2 is 2.09 bits per heavy atom. The van der Waals surface area contributed by atoms with Crippen LogP contribution in [0.3, 0.4) is 0 Å². The fourth-order valence-electron chi connectivity index (χ4n) is 2.21. The fraction of sp³-hybridized carbons (Fsp3) is 0.250. The van der Waals surface area contributed by atoms with Gasteiger partial charge in [0.25, 0.3) is 0 Å². The molecule has 114 valence electrons. The number of halogens is 2. The van der Waals surface area contributed by atoms with E-state index >= 15 is 0 Å². The van der Waals surface area contributed by atoms with Gasteiger partial charge in [0.15, 0.2) is 0 Å². The van der Waals surface area contributed by atoms with E-state index in [-0.39, 0.29) is 0 Å². The Morgan fingerprint density at radius 1 is 1.27 bits per heavy atom. The summed E-state index contributed by atoms with van der Waals surface area (Å²) in [5.74, 6) is 0. The smallest absolute Gasteiger partial charge is 0.129 e. The molecule has 0 aliphatic heterocycles. The van der Waals surface area contributed by atoms with Gasteiger partial charge in [0.05, 0.1) is 9.21 Å². The highest BCUT2D eigenvalue weighted by molar-refractivity contribution is 7.19. The lowest BCUT2D eigenvalue weighted by Crippen LogP contribution is -2.03. The van der Waals surface area contributed by atoms with Crippen molar-refractivity contribution in [2.24, 2.45) is 0 Å². The lowest BCUT2D eigenvalue weighted by atomic mass is 10.1. The Morgan fingerprint density at radius 3 is 2.73 bits per heavy atom. The molecule has 3 aromatic heterocycles. The monoisotopic (exact) mass is 351 g/mol. The van der Waals surface area contributed by atoms with Gasteiger partial charge in [-0.05, 0) is 43.2 Å². The van der Waals surface area contributed by atoms with Crippen LogP contribution in [0.15, 0.2) is 36.7 Å². The Labute approximate surface area is 143 Å². The molecule has 1 unspecified atom stereocenters. The molecule has 3 nitrogen and oxygen atoms in total. The molecule has 3 aromatic rings. The van der Waals surface area contributed by atoms with Gasteiger partial charge < -0.3 is 0 Å². The van der Waals surface area contributed by atoms with E-state index in [1.54, 1.807) is 6.20 Å². The van der Waals surface area contributed by atoms with Crippen LogP contribution in [-0.4, -0.2) is 14.8 Å². The molecule has 0 aliphatic rings. The van der Waals surface area contributed by atoms with Gasteiger partial charge in [-0.2, -0.15) is 5.10 Å². The van der Waals surface area contributed by atoms with Gasteiger partial charge in [0.1, 0.15) is 10.8 Å². The predicted octanol–water partition coefficient (Wildman–Crippen LogP) is 5.95. The first-order valence-corrected chi connectivity index (χ1v) is 8.62. The molecule has 3 rings (SSSR count). The Kier molecular flexibility index (Phi) is 4.52. The van der Waals surface area contributed by atoms with Gasteiger partial charge in [0.2, 0.25) is 0 Å². The van der Waals surface area contributed by atoms with E-state index in [1.165, 1.54) is 11.3 Å². The molecule has 0 radical (unpaired) electrons. The van der Waals surface area contributed by atoms with Crippen LogP contribution in [0.1, 0.15) is 26.3 Å². The van der Waals surface area contributed by atoms with E-state index in [0.717, 1.165) is 32.5 Å². The molecule has 0 bridgehead atoms. The normalized spacial score (nSPS) is 12.5. The van der Waals surface area contributed by atoms with Crippen LogP contribution in [0.4, 0.5) is 0 Å². The molecular weight excluding hydrogens is 337 g/mol. The van der Waals surface area contributed by atoms with Crippen LogP contribution < -0.4 is 0 Å². The minimum Gasteiger partial charge on any atom is -0.269 e. The van der Waals surface area contributed by atoms with Gasteiger partial charge in [-0.15, -0.1) is 11.3 Å². The maximum absolute atomic E-state index is 6.08. The van der Waals surface area contributed by atoms with Crippen LogP contribution >= 0.6 is 34.5 Å². The minimum absolute atomic E-state index is 0.334. The first-order valence-electron chi connectivity index (χ1n) is 7.05. The summed E-state index contributed by atoms with van der Waals surface area (Å²) in [6.07, 6.45) is 4.80. The van der Waals surface area contributed by atoms with Gasteiger partial charge in [-0.1, -0.05) is 30.1 Å². The number of hydrogen-bond donors (Lipinski definition) is 0. The largest absolute Gasteiger partial charge is 0.269 e. The highest BCUT2D eigenvalue weighted by Gasteiger charge is 2.17. The molecule has 0 saturated carbocycles. The molecular formula is C16H15Cl2N3S. The average molecular weight is 352 g/mol. The topological polar surface area (TPSA) is 30.7 Å². The van der Waals surface area contributed by atoms with Crippen LogP contribution in [0.2, 0.25) is 9.49 Å². The van der Waals surface area contributed by atoms with Crippen molar-refractivity contribution >= 4 is 34.5 Å². The highest BCUT2D eigenvalue weighted by Crippen LogP contribution is 2.37. The third-order valence-corrected chi connectivity index (χ3v) is 5.06. The zero-order chi connectivity index (χ0) is 15.7. The van der Waals surface area contributed by atoms with Crippen LogP contribution in [0.5, 0.6) is 0 Å². The molecule has 0 N–H and O–H groups in total. The van der Waals surface area contributed by atoms with Crippen molar-refractivity contribution in [2.45, 2.75) is 26.3 Å². The molecule has 0 fully saturated rings. The second-order valence-corrected chi connectivity index (χ2v) is 7.20. The third kappa shape index (κ3) is 3.05. The Bertz CT molecular complexity index is 794. The molecule has 1 atom stereocenters. The summed E-state index contributed by atoms with van der Waals surface area (Å²) in [7, 11) is 0. The van der Waals surface area contributed by atoms with E-state index in [0.29, 0.717) is 11.2 Å². The second-order valence-electron chi connectivity index (χ2n) is 5.10. The fourth-order valence-corrected chi connectivity index (χ4v) is 3.43. The molecule has 0 aliphatic carbocycles. The van der Waals surface area contributed by atoms with E-state index in [2.05, 4.69) is 25.0 Å². The van der Waals surface area contributed by atoms with E-state index in [4.69, 9.17) is 28.3 Å². The van der Waals surface area contributed by atoms with Gasteiger partial charge in [0, 0.05) is 24.0 Å². The van der Waals surface area contributed by atoms with Crippen molar-refractivity contribution in [3.63, 3.8) is 0 Å². The van der Waals surface area contributed by atoms with E-state index in [9.17, 15) is 0 Å². The minimum atomic E-state index is 0.334. The van der Waals surface area contributed by atoms with Gasteiger partial charge in [-0.3, -0.25) is 4.68 Å². The summed E-state index contributed by atoms with van der Waals surface area (Å²) in [6.45, 7) is 4.30. The quantitative estimate of drug-likeness (QED) is 0.543. The van der Waals surface area contributed by atoms with E-state index in [1.807, 2.05) is 28.9 Å². The number of pyridine rings is 1. The molecule has 0 aromatic carbocycles. The number of nitrogens with zero attached hydrogens (tertiary/aromatic N) is 3. The second kappa shape index (κ2) is 6.41. The van der Waals surface area contributed by atoms with Crippen molar-refractivity contribution in [1.29, 1.82) is 0 Å². The summed E-state index contributed by atoms with van der Waals surface area (Å²) in [5, 5.41) is 5.25. The molecule has 22 heavy (non-hydrogen) atoms. The van der Waals surface area contributed by atoms with Gasteiger partial charge >= 0.3 is 0 Å². The average Bonchev–Trinajstić information content (AvgIpc) is 3.12. The summed E-state index contributed by atoms with van der Waals surface area (Å²) >= 11 is 13.6. The first kappa shape index (κ1) is 15.5. The zero-order valence-corrected chi connectivity index (χ0v) is 14.6. The van der Waals surface area contributed by atoms with Crippen molar-refractivity contribution in [2.75, 3.05) is 0 Å². The molecule has 3 heterocycles. The van der Waals surface area contributed by atoms with Crippen LogP contribution in [0.25, 0.3) is 21.7 Å². The van der Waals surface area contributed by atoms with Crippen LogP contribution in [0, 0.1) is 0 Å². The number of thiophene rings is 1. The number of aromatic nitrogens is 3. The lowest BCUT2D eigenvalue weighted by Gasteiger charge is -2.07. The SMILES string of the molecule is CCC(C)n1cc(-c2ccnc(Cl)c2)c(-c2ccc(Cl)s2)n1.